The average Bonchev–Trinajstić information content (AvgIpc) is 2.22. The molecule has 3 N–H and O–H groups in total. The van der Waals surface area contributed by atoms with Gasteiger partial charge in [0, 0.05) is 3.57 Å². The molecular formula is C9H7I2NO5. The molecule has 1 amide bonds. The van der Waals surface area contributed by atoms with Crippen molar-refractivity contribution in [2.45, 2.75) is 0 Å². The summed E-state index contributed by atoms with van der Waals surface area (Å²) in [6.07, 6.45) is 0. The second kappa shape index (κ2) is 6.35. The Balaban J connectivity index is 2.78. The SMILES string of the molecule is O=C(O)CONC(=O)c1cc(I)cc(I)c1O. The Morgan fingerprint density at radius 1 is 1.35 bits per heavy atom. The zero-order valence-corrected chi connectivity index (χ0v) is 12.6. The molecule has 0 aromatic heterocycles. The summed E-state index contributed by atoms with van der Waals surface area (Å²) in [7, 11) is 0. The van der Waals surface area contributed by atoms with E-state index in [0.29, 0.717) is 3.57 Å². The Kier molecular flexibility index (Phi) is 5.39. The van der Waals surface area contributed by atoms with E-state index in [0.717, 1.165) is 3.57 Å². The molecule has 0 aliphatic rings. The van der Waals surface area contributed by atoms with Crippen LogP contribution in [0.1, 0.15) is 10.4 Å². The number of nitrogens with one attached hydrogen (secondary N) is 1. The van der Waals surface area contributed by atoms with Crippen LogP contribution in [0.2, 0.25) is 0 Å². The molecule has 1 aromatic rings. The number of aliphatic carboxylic acids is 1. The fourth-order valence-electron chi connectivity index (χ4n) is 0.957. The lowest BCUT2D eigenvalue weighted by Gasteiger charge is -2.07. The largest absolute Gasteiger partial charge is 0.506 e. The summed E-state index contributed by atoms with van der Waals surface area (Å²) in [6.45, 7) is -0.645. The van der Waals surface area contributed by atoms with Crippen molar-refractivity contribution >= 4 is 57.1 Å². The van der Waals surface area contributed by atoms with Crippen LogP contribution in [0, 0.1) is 7.14 Å². The van der Waals surface area contributed by atoms with Crippen molar-refractivity contribution in [1.82, 2.24) is 5.48 Å². The normalized spacial score (nSPS) is 10.0. The number of benzene rings is 1. The molecule has 0 heterocycles. The Bertz CT molecular complexity index is 463. The highest BCUT2D eigenvalue weighted by molar-refractivity contribution is 14.1. The van der Waals surface area contributed by atoms with Gasteiger partial charge in [0.25, 0.3) is 5.91 Å². The molecule has 8 heteroatoms. The van der Waals surface area contributed by atoms with Crippen LogP contribution in [-0.2, 0) is 9.63 Å². The molecule has 92 valence electrons. The Hall–Kier alpha value is -0.620. The lowest BCUT2D eigenvalue weighted by atomic mass is 10.2. The first kappa shape index (κ1) is 14.4. The number of amides is 1. The van der Waals surface area contributed by atoms with E-state index in [9.17, 15) is 14.7 Å². The summed E-state index contributed by atoms with van der Waals surface area (Å²) in [6, 6.07) is 3.17. The number of rotatable bonds is 4. The third kappa shape index (κ3) is 4.27. The topological polar surface area (TPSA) is 95.9 Å². The summed E-state index contributed by atoms with van der Waals surface area (Å²) >= 11 is 3.89. The molecule has 0 aliphatic heterocycles. The highest BCUT2D eigenvalue weighted by Crippen LogP contribution is 2.26. The fraction of sp³-hybridized carbons (Fsp3) is 0.111. The molecule has 0 spiro atoms. The monoisotopic (exact) mass is 463 g/mol. The van der Waals surface area contributed by atoms with E-state index in [4.69, 9.17) is 5.11 Å². The molecule has 1 rings (SSSR count). The number of carbonyl (C=O) groups is 2. The van der Waals surface area contributed by atoms with Crippen LogP contribution in [0.25, 0.3) is 0 Å². The molecule has 0 aliphatic carbocycles. The van der Waals surface area contributed by atoms with Gasteiger partial charge in [-0.15, -0.1) is 0 Å². The van der Waals surface area contributed by atoms with Gasteiger partial charge in [-0.3, -0.25) is 9.63 Å². The number of hydrogen-bond donors (Lipinski definition) is 3. The number of halogens is 2. The Morgan fingerprint density at radius 2 is 2.00 bits per heavy atom. The van der Waals surface area contributed by atoms with Crippen LogP contribution < -0.4 is 5.48 Å². The number of hydroxylamine groups is 1. The van der Waals surface area contributed by atoms with Gasteiger partial charge in [0.1, 0.15) is 5.75 Å². The minimum atomic E-state index is -1.20. The molecule has 0 radical (unpaired) electrons. The zero-order chi connectivity index (χ0) is 13.0. The van der Waals surface area contributed by atoms with E-state index in [1.165, 1.54) is 6.07 Å². The Labute approximate surface area is 124 Å². The molecule has 0 unspecified atom stereocenters. The minimum absolute atomic E-state index is 0.0340. The van der Waals surface area contributed by atoms with Gasteiger partial charge in [-0.2, -0.15) is 0 Å². The summed E-state index contributed by atoms with van der Waals surface area (Å²) in [5.74, 6) is -2.06. The summed E-state index contributed by atoms with van der Waals surface area (Å²) in [5, 5.41) is 18.0. The molecule has 0 saturated heterocycles. The number of hydrogen-bond acceptors (Lipinski definition) is 4. The zero-order valence-electron chi connectivity index (χ0n) is 8.24. The van der Waals surface area contributed by atoms with Gasteiger partial charge >= 0.3 is 5.97 Å². The van der Waals surface area contributed by atoms with Gasteiger partial charge in [-0.05, 0) is 57.3 Å². The highest BCUT2D eigenvalue weighted by Gasteiger charge is 2.15. The molecule has 0 bridgehead atoms. The first-order valence-electron chi connectivity index (χ1n) is 4.23. The predicted molar refractivity (Wildman–Crippen MR) is 74.6 cm³/mol. The van der Waals surface area contributed by atoms with Gasteiger partial charge in [-0.25, -0.2) is 10.3 Å². The van der Waals surface area contributed by atoms with Gasteiger partial charge in [-0.1, -0.05) is 0 Å². The van der Waals surface area contributed by atoms with Gasteiger partial charge in [0.15, 0.2) is 6.61 Å². The number of aromatic hydroxyl groups is 1. The lowest BCUT2D eigenvalue weighted by molar-refractivity contribution is -0.144. The van der Waals surface area contributed by atoms with E-state index in [1.807, 2.05) is 50.7 Å². The van der Waals surface area contributed by atoms with E-state index in [2.05, 4.69) is 4.84 Å². The van der Waals surface area contributed by atoms with E-state index >= 15 is 0 Å². The van der Waals surface area contributed by atoms with Crippen molar-refractivity contribution in [3.63, 3.8) is 0 Å². The number of carboxylic acids is 1. The van der Waals surface area contributed by atoms with E-state index in [1.54, 1.807) is 6.07 Å². The maximum Gasteiger partial charge on any atom is 0.332 e. The third-order valence-electron chi connectivity index (χ3n) is 1.63. The summed E-state index contributed by atoms with van der Waals surface area (Å²) < 4.78 is 1.30. The quantitative estimate of drug-likeness (QED) is 0.463. The number of phenolic OH excluding ortho intramolecular Hbond substituents is 1. The van der Waals surface area contributed by atoms with Crippen molar-refractivity contribution in [3.8, 4) is 5.75 Å². The van der Waals surface area contributed by atoms with Crippen molar-refractivity contribution in [2.75, 3.05) is 6.61 Å². The molecule has 6 nitrogen and oxygen atoms in total. The van der Waals surface area contributed by atoms with Crippen molar-refractivity contribution in [2.24, 2.45) is 0 Å². The first-order valence-corrected chi connectivity index (χ1v) is 6.39. The molecule has 1 aromatic carbocycles. The first-order chi connectivity index (χ1) is 7.91. The third-order valence-corrected chi connectivity index (χ3v) is 3.08. The number of phenols is 1. The van der Waals surface area contributed by atoms with Crippen LogP contribution in [0.5, 0.6) is 5.75 Å². The van der Waals surface area contributed by atoms with Crippen LogP contribution in [-0.4, -0.2) is 28.7 Å². The second-order valence-electron chi connectivity index (χ2n) is 2.90. The standard InChI is InChI=1S/C9H7I2NO5/c10-4-1-5(8(15)6(11)2-4)9(16)12-17-3-7(13)14/h1-2,15H,3H2,(H,12,16)(H,13,14). The number of carbonyl (C=O) groups excluding carboxylic acids is 1. The smallest absolute Gasteiger partial charge is 0.332 e. The van der Waals surface area contributed by atoms with E-state index < -0.39 is 18.5 Å². The molecule has 17 heavy (non-hydrogen) atoms. The van der Waals surface area contributed by atoms with Gasteiger partial charge < -0.3 is 10.2 Å². The minimum Gasteiger partial charge on any atom is -0.506 e. The number of carboxylic acid groups (broad SMARTS) is 1. The second-order valence-corrected chi connectivity index (χ2v) is 5.31. The molecule has 0 atom stereocenters. The fourth-order valence-corrected chi connectivity index (χ4v) is 2.80. The van der Waals surface area contributed by atoms with Crippen molar-refractivity contribution in [1.29, 1.82) is 0 Å². The predicted octanol–water partition coefficient (Wildman–Crippen LogP) is 1.35. The van der Waals surface area contributed by atoms with Crippen molar-refractivity contribution < 1.29 is 24.6 Å². The average molecular weight is 463 g/mol. The van der Waals surface area contributed by atoms with Crippen molar-refractivity contribution in [3.05, 3.63) is 24.8 Å². The van der Waals surface area contributed by atoms with Crippen LogP contribution in [0.4, 0.5) is 0 Å². The summed E-state index contributed by atoms with van der Waals surface area (Å²) in [4.78, 5) is 26.2. The Morgan fingerprint density at radius 3 is 2.59 bits per heavy atom. The maximum atomic E-state index is 11.6. The van der Waals surface area contributed by atoms with Gasteiger partial charge in [0.05, 0.1) is 9.13 Å². The highest BCUT2D eigenvalue weighted by atomic mass is 127. The molecule has 0 saturated carbocycles. The lowest BCUT2D eigenvalue weighted by Crippen LogP contribution is -2.26. The van der Waals surface area contributed by atoms with E-state index in [-0.39, 0.29) is 11.3 Å². The van der Waals surface area contributed by atoms with Crippen LogP contribution in [0.15, 0.2) is 12.1 Å². The summed E-state index contributed by atoms with van der Waals surface area (Å²) in [5.41, 5.74) is 1.97. The molecule has 0 fully saturated rings. The van der Waals surface area contributed by atoms with Crippen LogP contribution in [0.3, 0.4) is 0 Å². The van der Waals surface area contributed by atoms with Crippen LogP contribution >= 0.6 is 45.2 Å². The molecular weight excluding hydrogens is 456 g/mol. The van der Waals surface area contributed by atoms with Gasteiger partial charge in [0.2, 0.25) is 0 Å². The maximum absolute atomic E-state index is 11.6.